The first-order valence-corrected chi connectivity index (χ1v) is 7.07. The Bertz CT molecular complexity index is 461. The van der Waals surface area contributed by atoms with E-state index in [1.54, 1.807) is 0 Å². The number of benzene rings is 2. The van der Waals surface area contributed by atoms with E-state index >= 15 is 0 Å². The van der Waals surface area contributed by atoms with Gasteiger partial charge in [-0.05, 0) is 23.6 Å². The fraction of sp³-hybridized carbons (Fsp3) is 0.333. The molecule has 0 atom stereocenters. The fourth-order valence-electron chi connectivity index (χ4n) is 1.75. The smallest absolute Gasteiger partial charge is 0.0687 e. The number of hydrogen-bond donors (Lipinski definition) is 1. The highest BCUT2D eigenvalue weighted by Crippen LogP contribution is 2.24. The summed E-state index contributed by atoms with van der Waals surface area (Å²) < 4.78 is 0. The van der Waals surface area contributed by atoms with E-state index in [9.17, 15) is 5.11 Å². The molecule has 0 amide bonds. The molecular formula is C18H26O. The molecule has 0 aromatic heterocycles. The summed E-state index contributed by atoms with van der Waals surface area (Å²) in [6.07, 6.45) is 0. The number of hydrogen-bond acceptors (Lipinski definition) is 1. The molecule has 0 bridgehead atoms. The topological polar surface area (TPSA) is 20.2 Å². The molecule has 0 fully saturated rings. The number of aliphatic hydroxyl groups is 1. The lowest BCUT2D eigenvalue weighted by Gasteiger charge is -2.07. The van der Waals surface area contributed by atoms with Crippen molar-refractivity contribution < 1.29 is 5.11 Å². The molecule has 2 rings (SSSR count). The van der Waals surface area contributed by atoms with Crippen LogP contribution in [0.25, 0.3) is 11.1 Å². The molecule has 0 saturated carbocycles. The Kier molecular flexibility index (Phi) is 9.46. The van der Waals surface area contributed by atoms with Crippen LogP contribution in [-0.2, 0) is 6.61 Å². The summed E-state index contributed by atoms with van der Waals surface area (Å²) in [4.78, 5) is 0. The van der Waals surface area contributed by atoms with Crippen LogP contribution in [0.1, 0.15) is 38.8 Å². The van der Waals surface area contributed by atoms with Crippen molar-refractivity contribution in [2.45, 2.75) is 41.2 Å². The molecule has 2 aromatic rings. The Labute approximate surface area is 117 Å². The van der Waals surface area contributed by atoms with E-state index in [1.165, 1.54) is 11.1 Å². The van der Waals surface area contributed by atoms with Crippen LogP contribution in [-0.4, -0.2) is 5.11 Å². The molecule has 0 aliphatic carbocycles. The molecule has 2 aromatic carbocycles. The highest BCUT2D eigenvalue weighted by atomic mass is 16.3. The van der Waals surface area contributed by atoms with Gasteiger partial charge in [-0.2, -0.15) is 0 Å². The van der Waals surface area contributed by atoms with Gasteiger partial charge < -0.3 is 5.11 Å². The van der Waals surface area contributed by atoms with Crippen LogP contribution in [0, 0.1) is 6.92 Å². The maximum atomic E-state index is 9.25. The largest absolute Gasteiger partial charge is 0.392 e. The SMILES string of the molecule is CC.CC.Cc1cccc(-c2ccccc2CO)c1. The van der Waals surface area contributed by atoms with E-state index in [2.05, 4.69) is 25.1 Å². The van der Waals surface area contributed by atoms with Crippen molar-refractivity contribution in [1.29, 1.82) is 0 Å². The lowest BCUT2D eigenvalue weighted by atomic mass is 9.99. The molecule has 0 heterocycles. The van der Waals surface area contributed by atoms with E-state index < -0.39 is 0 Å². The quantitative estimate of drug-likeness (QED) is 0.784. The van der Waals surface area contributed by atoms with Crippen LogP contribution in [0.4, 0.5) is 0 Å². The Morgan fingerprint density at radius 3 is 2.05 bits per heavy atom. The Morgan fingerprint density at radius 2 is 1.47 bits per heavy atom. The zero-order chi connectivity index (χ0) is 14.7. The van der Waals surface area contributed by atoms with Gasteiger partial charge in [0.25, 0.3) is 0 Å². The van der Waals surface area contributed by atoms with Crippen molar-refractivity contribution >= 4 is 0 Å². The Morgan fingerprint density at radius 1 is 0.842 bits per heavy atom. The molecule has 19 heavy (non-hydrogen) atoms. The minimum atomic E-state index is 0.0874. The van der Waals surface area contributed by atoms with Gasteiger partial charge in [-0.25, -0.2) is 0 Å². The molecule has 1 heteroatoms. The molecule has 0 spiro atoms. The van der Waals surface area contributed by atoms with Gasteiger partial charge >= 0.3 is 0 Å². The minimum absolute atomic E-state index is 0.0874. The van der Waals surface area contributed by atoms with Gasteiger partial charge in [-0.15, -0.1) is 0 Å². The van der Waals surface area contributed by atoms with Crippen molar-refractivity contribution in [3.8, 4) is 11.1 Å². The van der Waals surface area contributed by atoms with Crippen molar-refractivity contribution in [3.05, 3.63) is 59.7 Å². The second-order valence-corrected chi connectivity index (χ2v) is 3.68. The molecule has 0 unspecified atom stereocenters. The minimum Gasteiger partial charge on any atom is -0.392 e. The second-order valence-electron chi connectivity index (χ2n) is 3.68. The first-order chi connectivity index (χ1) is 9.31. The van der Waals surface area contributed by atoms with Crippen molar-refractivity contribution in [1.82, 2.24) is 0 Å². The first-order valence-electron chi connectivity index (χ1n) is 7.07. The van der Waals surface area contributed by atoms with Gasteiger partial charge in [0.1, 0.15) is 0 Å². The average molecular weight is 258 g/mol. The van der Waals surface area contributed by atoms with E-state index in [0.29, 0.717) is 0 Å². The summed E-state index contributed by atoms with van der Waals surface area (Å²) in [5, 5.41) is 9.25. The number of aliphatic hydroxyl groups excluding tert-OH is 1. The maximum absolute atomic E-state index is 9.25. The van der Waals surface area contributed by atoms with Gasteiger partial charge in [0, 0.05) is 0 Å². The van der Waals surface area contributed by atoms with E-state index in [0.717, 1.165) is 11.1 Å². The third kappa shape index (κ3) is 5.27. The molecule has 0 aliphatic rings. The fourth-order valence-corrected chi connectivity index (χ4v) is 1.75. The Balaban J connectivity index is 0.000000741. The Hall–Kier alpha value is -1.60. The van der Waals surface area contributed by atoms with Gasteiger partial charge in [-0.1, -0.05) is 81.8 Å². The number of aryl methyl sites for hydroxylation is 1. The molecular weight excluding hydrogens is 232 g/mol. The lowest BCUT2D eigenvalue weighted by Crippen LogP contribution is -1.88. The summed E-state index contributed by atoms with van der Waals surface area (Å²) in [5.41, 5.74) is 4.49. The first kappa shape index (κ1) is 17.4. The van der Waals surface area contributed by atoms with Crippen molar-refractivity contribution in [2.75, 3.05) is 0 Å². The zero-order valence-electron chi connectivity index (χ0n) is 12.8. The summed E-state index contributed by atoms with van der Waals surface area (Å²) in [6.45, 7) is 10.2. The third-order valence-electron chi connectivity index (χ3n) is 2.52. The maximum Gasteiger partial charge on any atom is 0.0687 e. The lowest BCUT2D eigenvalue weighted by molar-refractivity contribution is 0.282. The van der Waals surface area contributed by atoms with Crippen LogP contribution >= 0.6 is 0 Å². The second kappa shape index (κ2) is 10.3. The van der Waals surface area contributed by atoms with E-state index in [-0.39, 0.29) is 6.61 Å². The zero-order valence-corrected chi connectivity index (χ0v) is 12.8. The van der Waals surface area contributed by atoms with Crippen LogP contribution in [0.15, 0.2) is 48.5 Å². The number of rotatable bonds is 2. The van der Waals surface area contributed by atoms with Gasteiger partial charge in [0.2, 0.25) is 0 Å². The van der Waals surface area contributed by atoms with Gasteiger partial charge in [0.05, 0.1) is 6.61 Å². The molecule has 1 N–H and O–H groups in total. The average Bonchev–Trinajstić information content (AvgIpc) is 2.51. The third-order valence-corrected chi connectivity index (χ3v) is 2.52. The monoisotopic (exact) mass is 258 g/mol. The molecule has 0 saturated heterocycles. The molecule has 0 radical (unpaired) electrons. The van der Waals surface area contributed by atoms with E-state index in [4.69, 9.17) is 0 Å². The van der Waals surface area contributed by atoms with Crippen molar-refractivity contribution in [3.63, 3.8) is 0 Å². The van der Waals surface area contributed by atoms with Crippen LogP contribution in [0.2, 0.25) is 0 Å². The molecule has 0 aliphatic heterocycles. The van der Waals surface area contributed by atoms with Crippen LogP contribution in [0.3, 0.4) is 0 Å². The normalized spacial score (nSPS) is 8.74. The van der Waals surface area contributed by atoms with Crippen LogP contribution in [0.5, 0.6) is 0 Å². The highest BCUT2D eigenvalue weighted by Gasteiger charge is 2.02. The molecule has 1 nitrogen and oxygen atoms in total. The predicted octanol–water partition coefficient (Wildman–Crippen LogP) is 5.21. The van der Waals surface area contributed by atoms with Crippen LogP contribution < -0.4 is 0 Å². The summed E-state index contributed by atoms with van der Waals surface area (Å²) in [6, 6.07) is 16.3. The highest BCUT2D eigenvalue weighted by molar-refractivity contribution is 5.67. The van der Waals surface area contributed by atoms with E-state index in [1.807, 2.05) is 58.0 Å². The van der Waals surface area contributed by atoms with Gasteiger partial charge in [-0.3, -0.25) is 0 Å². The molecule has 104 valence electrons. The van der Waals surface area contributed by atoms with Crippen molar-refractivity contribution in [2.24, 2.45) is 0 Å². The van der Waals surface area contributed by atoms with Gasteiger partial charge in [0.15, 0.2) is 0 Å². The summed E-state index contributed by atoms with van der Waals surface area (Å²) in [5.74, 6) is 0. The summed E-state index contributed by atoms with van der Waals surface area (Å²) >= 11 is 0. The summed E-state index contributed by atoms with van der Waals surface area (Å²) in [7, 11) is 0. The predicted molar refractivity (Wildman–Crippen MR) is 85.2 cm³/mol. The standard InChI is InChI=1S/C14H14O.2C2H6/c1-11-5-4-7-12(9-11)14-8-3-2-6-13(14)10-15;2*1-2/h2-9,15H,10H2,1H3;2*1-2H3.